The molecule has 1 fully saturated rings. The van der Waals surface area contributed by atoms with Crippen molar-refractivity contribution in [3.63, 3.8) is 0 Å². The first-order valence-corrected chi connectivity index (χ1v) is 9.23. The number of aromatic carboxylic acids is 1. The summed E-state index contributed by atoms with van der Waals surface area (Å²) in [6, 6.07) is 10.6. The molecule has 0 unspecified atom stereocenters. The summed E-state index contributed by atoms with van der Waals surface area (Å²) in [5.74, 6) is -0.189. The predicted octanol–water partition coefficient (Wildman–Crippen LogP) is 2.48. The lowest BCUT2D eigenvalue weighted by Crippen LogP contribution is -2.37. The number of benzene rings is 1. The molecule has 0 amide bonds. The Morgan fingerprint density at radius 1 is 1.14 bits per heavy atom. The monoisotopic (exact) mass is 378 g/mol. The van der Waals surface area contributed by atoms with Gasteiger partial charge in [-0.05, 0) is 51.2 Å². The van der Waals surface area contributed by atoms with E-state index in [4.69, 9.17) is 5.73 Å². The number of fused-ring (bicyclic) bond motifs is 1. The van der Waals surface area contributed by atoms with Crippen LogP contribution in [0.2, 0.25) is 0 Å². The topological polar surface area (TPSA) is 117 Å². The summed E-state index contributed by atoms with van der Waals surface area (Å²) in [4.78, 5) is 27.3. The van der Waals surface area contributed by atoms with Crippen molar-refractivity contribution in [3.8, 4) is 11.3 Å². The van der Waals surface area contributed by atoms with Crippen molar-refractivity contribution in [2.75, 3.05) is 31.2 Å². The van der Waals surface area contributed by atoms with E-state index in [0.717, 1.165) is 25.9 Å². The molecule has 0 spiro atoms. The van der Waals surface area contributed by atoms with Crippen LogP contribution in [0.3, 0.4) is 0 Å². The van der Waals surface area contributed by atoms with Gasteiger partial charge in [0.2, 0.25) is 5.95 Å². The summed E-state index contributed by atoms with van der Waals surface area (Å²) in [7, 11) is 2.11. The van der Waals surface area contributed by atoms with Crippen molar-refractivity contribution in [2.24, 2.45) is 0 Å². The van der Waals surface area contributed by atoms with E-state index in [1.54, 1.807) is 36.4 Å². The number of hydrogen-bond acceptors (Lipinski definition) is 7. The zero-order valence-corrected chi connectivity index (χ0v) is 15.6. The normalized spacial score (nSPS) is 15.6. The fourth-order valence-electron chi connectivity index (χ4n) is 3.48. The van der Waals surface area contributed by atoms with Crippen LogP contribution in [0.15, 0.2) is 36.4 Å². The van der Waals surface area contributed by atoms with Crippen LogP contribution < -0.4 is 11.1 Å². The second-order valence-electron chi connectivity index (χ2n) is 7.07. The van der Waals surface area contributed by atoms with Gasteiger partial charge in [-0.2, -0.15) is 9.97 Å². The number of nitrogen functional groups attached to an aromatic ring is 1. The zero-order valence-electron chi connectivity index (χ0n) is 15.6. The van der Waals surface area contributed by atoms with Gasteiger partial charge in [0.15, 0.2) is 5.65 Å². The second-order valence-corrected chi connectivity index (χ2v) is 7.07. The molecule has 1 aromatic carbocycles. The van der Waals surface area contributed by atoms with Gasteiger partial charge >= 0.3 is 5.97 Å². The summed E-state index contributed by atoms with van der Waals surface area (Å²) in [5.41, 5.74) is 7.83. The standard InChI is InChI=1S/C20H22N6O2/c1-26-10-8-12(9-11-26)22-20-24-17(21)15-6-7-16(23-18(15)25-20)13-4-2-3-5-14(13)19(27)28/h2-7,12H,8-11H2,1H3,(H,27,28)(H3,21,22,23,24,25). The van der Waals surface area contributed by atoms with Gasteiger partial charge in [-0.1, -0.05) is 18.2 Å². The van der Waals surface area contributed by atoms with E-state index < -0.39 is 5.97 Å². The van der Waals surface area contributed by atoms with E-state index in [1.165, 1.54) is 0 Å². The lowest BCUT2D eigenvalue weighted by molar-refractivity contribution is 0.0697. The third-order valence-corrected chi connectivity index (χ3v) is 5.07. The minimum atomic E-state index is -0.996. The summed E-state index contributed by atoms with van der Waals surface area (Å²) >= 11 is 0. The molecule has 4 rings (SSSR count). The molecule has 0 saturated carbocycles. The third-order valence-electron chi connectivity index (χ3n) is 5.07. The highest BCUT2D eigenvalue weighted by atomic mass is 16.4. The van der Waals surface area contributed by atoms with Gasteiger partial charge in [0.1, 0.15) is 5.82 Å². The molecule has 0 atom stereocenters. The molecule has 3 heterocycles. The molecule has 0 aliphatic carbocycles. The van der Waals surface area contributed by atoms with Gasteiger partial charge < -0.3 is 21.1 Å². The molecule has 8 nitrogen and oxygen atoms in total. The summed E-state index contributed by atoms with van der Waals surface area (Å²) < 4.78 is 0. The fraction of sp³-hybridized carbons (Fsp3) is 0.300. The molecule has 1 saturated heterocycles. The molecule has 1 aliphatic rings. The first-order chi connectivity index (χ1) is 13.5. The number of nitrogens with zero attached hydrogens (tertiary/aromatic N) is 4. The molecule has 3 aromatic rings. The van der Waals surface area contributed by atoms with Crippen LogP contribution >= 0.6 is 0 Å². The Balaban J connectivity index is 1.70. The van der Waals surface area contributed by atoms with E-state index in [0.29, 0.717) is 40.1 Å². The molecule has 8 heteroatoms. The maximum absolute atomic E-state index is 11.5. The van der Waals surface area contributed by atoms with Crippen LogP contribution in [0.25, 0.3) is 22.3 Å². The molecule has 0 bridgehead atoms. The Labute approximate surface area is 162 Å². The highest BCUT2D eigenvalue weighted by molar-refractivity contribution is 5.96. The highest BCUT2D eigenvalue weighted by Crippen LogP contribution is 2.26. The molecular weight excluding hydrogens is 356 g/mol. The minimum Gasteiger partial charge on any atom is -0.478 e. The van der Waals surface area contributed by atoms with Gasteiger partial charge in [-0.3, -0.25) is 0 Å². The number of aromatic nitrogens is 3. The molecule has 4 N–H and O–H groups in total. The quantitative estimate of drug-likeness (QED) is 0.634. The lowest BCUT2D eigenvalue weighted by Gasteiger charge is -2.29. The van der Waals surface area contributed by atoms with E-state index in [1.807, 2.05) is 0 Å². The van der Waals surface area contributed by atoms with Crippen LogP contribution in [0.5, 0.6) is 0 Å². The van der Waals surface area contributed by atoms with Gasteiger partial charge in [0.25, 0.3) is 0 Å². The predicted molar refractivity (Wildman–Crippen MR) is 108 cm³/mol. The summed E-state index contributed by atoms with van der Waals surface area (Å²) in [6.45, 7) is 2.05. The highest BCUT2D eigenvalue weighted by Gasteiger charge is 2.19. The van der Waals surface area contributed by atoms with E-state index in [9.17, 15) is 9.90 Å². The Kier molecular flexibility index (Phi) is 4.79. The molecular formula is C20H22N6O2. The van der Waals surface area contributed by atoms with Crippen LogP contribution in [-0.4, -0.2) is 57.1 Å². The Morgan fingerprint density at radius 2 is 1.89 bits per heavy atom. The average molecular weight is 378 g/mol. The largest absolute Gasteiger partial charge is 0.478 e. The number of anilines is 2. The molecule has 2 aromatic heterocycles. The SMILES string of the molecule is CN1CCC(Nc2nc(N)c3ccc(-c4ccccc4C(=O)O)nc3n2)CC1. The van der Waals surface area contributed by atoms with Crippen molar-refractivity contribution in [3.05, 3.63) is 42.0 Å². The van der Waals surface area contributed by atoms with Gasteiger partial charge in [-0.25, -0.2) is 9.78 Å². The number of likely N-dealkylation sites (tertiary alicyclic amines) is 1. The van der Waals surface area contributed by atoms with Crippen LogP contribution in [-0.2, 0) is 0 Å². The third kappa shape index (κ3) is 3.59. The summed E-state index contributed by atoms with van der Waals surface area (Å²) in [6.07, 6.45) is 2.02. The molecule has 1 aliphatic heterocycles. The molecule has 144 valence electrons. The second kappa shape index (κ2) is 7.40. The Hall–Kier alpha value is -3.26. The average Bonchev–Trinajstić information content (AvgIpc) is 2.69. The van der Waals surface area contributed by atoms with E-state index in [-0.39, 0.29) is 5.56 Å². The fourth-order valence-corrected chi connectivity index (χ4v) is 3.48. The number of carbonyl (C=O) groups is 1. The molecule has 0 radical (unpaired) electrons. The maximum atomic E-state index is 11.5. The van der Waals surface area contributed by atoms with Crippen LogP contribution in [0.1, 0.15) is 23.2 Å². The van der Waals surface area contributed by atoms with Gasteiger partial charge in [-0.15, -0.1) is 0 Å². The Morgan fingerprint density at radius 3 is 2.64 bits per heavy atom. The van der Waals surface area contributed by atoms with Crippen molar-refractivity contribution in [2.45, 2.75) is 18.9 Å². The van der Waals surface area contributed by atoms with Crippen molar-refractivity contribution in [1.82, 2.24) is 19.9 Å². The number of carboxylic acid groups (broad SMARTS) is 1. The number of piperidine rings is 1. The van der Waals surface area contributed by atoms with Crippen molar-refractivity contribution in [1.29, 1.82) is 0 Å². The summed E-state index contributed by atoms with van der Waals surface area (Å²) in [5, 5.41) is 13.4. The first-order valence-electron chi connectivity index (χ1n) is 9.23. The zero-order chi connectivity index (χ0) is 19.7. The number of hydrogen-bond donors (Lipinski definition) is 3. The van der Waals surface area contributed by atoms with Gasteiger partial charge in [0.05, 0.1) is 16.6 Å². The van der Waals surface area contributed by atoms with Crippen molar-refractivity contribution >= 4 is 28.8 Å². The first kappa shape index (κ1) is 18.1. The van der Waals surface area contributed by atoms with E-state index >= 15 is 0 Å². The molecule has 28 heavy (non-hydrogen) atoms. The van der Waals surface area contributed by atoms with Crippen LogP contribution in [0.4, 0.5) is 11.8 Å². The number of carboxylic acids is 1. The maximum Gasteiger partial charge on any atom is 0.336 e. The number of rotatable bonds is 4. The number of nitrogens with one attached hydrogen (secondary N) is 1. The van der Waals surface area contributed by atoms with Crippen LogP contribution in [0, 0.1) is 0 Å². The van der Waals surface area contributed by atoms with Gasteiger partial charge in [0, 0.05) is 11.6 Å². The Bertz CT molecular complexity index is 1030. The number of pyridine rings is 1. The van der Waals surface area contributed by atoms with E-state index in [2.05, 4.69) is 32.2 Å². The minimum absolute atomic E-state index is 0.195. The van der Waals surface area contributed by atoms with Crippen molar-refractivity contribution < 1.29 is 9.90 Å². The lowest BCUT2D eigenvalue weighted by atomic mass is 10.0. The number of nitrogens with two attached hydrogens (primary N) is 1. The smallest absolute Gasteiger partial charge is 0.336 e.